The van der Waals surface area contributed by atoms with E-state index in [1.807, 2.05) is 0 Å². The van der Waals surface area contributed by atoms with E-state index in [0.29, 0.717) is 11.3 Å². The smallest absolute Gasteiger partial charge is 0.407 e. The van der Waals surface area contributed by atoms with Crippen LogP contribution < -0.4 is 0 Å². The highest BCUT2D eigenvalue weighted by atomic mass is 16.4. The van der Waals surface area contributed by atoms with Gasteiger partial charge in [0.2, 0.25) is 0 Å². The zero-order valence-corrected chi connectivity index (χ0v) is 11.4. The molecule has 102 valence electrons. The second kappa shape index (κ2) is 4.55. The first-order valence-electron chi connectivity index (χ1n) is 7.12. The van der Waals surface area contributed by atoms with Gasteiger partial charge in [-0.05, 0) is 49.5 Å². The van der Waals surface area contributed by atoms with Crippen molar-refractivity contribution in [3.8, 4) is 0 Å². The molecular weight excluding hydrogens is 238 g/mol. The minimum atomic E-state index is -0.760. The van der Waals surface area contributed by atoms with Crippen molar-refractivity contribution in [1.29, 1.82) is 0 Å². The molecule has 1 amide bonds. The van der Waals surface area contributed by atoms with Gasteiger partial charge in [0.05, 0.1) is 0 Å². The van der Waals surface area contributed by atoms with Gasteiger partial charge in [0.25, 0.3) is 0 Å². The zero-order valence-electron chi connectivity index (χ0n) is 11.4. The van der Waals surface area contributed by atoms with Crippen molar-refractivity contribution in [3.05, 3.63) is 35.4 Å². The van der Waals surface area contributed by atoms with Crippen LogP contribution in [-0.2, 0) is 0 Å². The van der Waals surface area contributed by atoms with Gasteiger partial charge in [0, 0.05) is 13.1 Å². The molecule has 3 rings (SSSR count). The Labute approximate surface area is 114 Å². The van der Waals surface area contributed by atoms with Gasteiger partial charge in [-0.3, -0.25) is 0 Å². The Kier molecular flexibility index (Phi) is 3.00. The van der Waals surface area contributed by atoms with Crippen LogP contribution in [-0.4, -0.2) is 29.2 Å². The van der Waals surface area contributed by atoms with Gasteiger partial charge in [-0.1, -0.05) is 29.8 Å². The molecule has 1 aromatic rings. The number of hydrogen-bond donors (Lipinski definition) is 1. The lowest BCUT2D eigenvalue weighted by molar-refractivity contribution is 0.0189. The molecule has 1 heterocycles. The van der Waals surface area contributed by atoms with Crippen LogP contribution in [0.25, 0.3) is 0 Å². The van der Waals surface area contributed by atoms with E-state index < -0.39 is 6.09 Å². The van der Waals surface area contributed by atoms with E-state index in [-0.39, 0.29) is 0 Å². The van der Waals surface area contributed by atoms with E-state index in [1.54, 1.807) is 4.90 Å². The van der Waals surface area contributed by atoms with E-state index in [2.05, 4.69) is 31.2 Å². The van der Waals surface area contributed by atoms with Gasteiger partial charge < -0.3 is 10.0 Å². The normalized spacial score (nSPS) is 22.3. The lowest BCUT2D eigenvalue weighted by Gasteiger charge is -2.52. The number of hydrogen-bond acceptors (Lipinski definition) is 1. The Morgan fingerprint density at radius 1 is 1.21 bits per heavy atom. The Bertz CT molecular complexity index is 464. The summed E-state index contributed by atoms with van der Waals surface area (Å²) in [6.45, 7) is 3.56. The number of piperidine rings is 1. The molecule has 3 nitrogen and oxygen atoms in total. The lowest BCUT2D eigenvalue weighted by Crippen LogP contribution is -2.47. The van der Waals surface area contributed by atoms with Crippen molar-refractivity contribution in [1.82, 2.24) is 4.90 Å². The molecule has 2 aliphatic rings. The van der Waals surface area contributed by atoms with Gasteiger partial charge in [-0.2, -0.15) is 0 Å². The van der Waals surface area contributed by atoms with Gasteiger partial charge >= 0.3 is 6.09 Å². The zero-order chi connectivity index (χ0) is 13.5. The molecule has 0 atom stereocenters. The molecule has 1 spiro atoms. The molecule has 0 aromatic heterocycles. The molecule has 1 aromatic carbocycles. The van der Waals surface area contributed by atoms with Crippen molar-refractivity contribution >= 4 is 6.09 Å². The minimum absolute atomic E-state index is 0.432. The number of rotatable bonds is 1. The Morgan fingerprint density at radius 2 is 1.79 bits per heavy atom. The van der Waals surface area contributed by atoms with Crippen LogP contribution in [0.5, 0.6) is 0 Å². The standard InChI is InChI=1S/C16H21NO2/c1-12-2-4-13(5-3-12)14-10-16(11-14)6-8-17(9-7-16)15(18)19/h2-5,14H,6-11H2,1H3,(H,18,19). The van der Waals surface area contributed by atoms with Crippen molar-refractivity contribution in [2.75, 3.05) is 13.1 Å². The molecule has 1 N–H and O–H groups in total. The number of carbonyl (C=O) groups is 1. The molecule has 0 bridgehead atoms. The van der Waals surface area contributed by atoms with E-state index in [0.717, 1.165) is 25.9 Å². The third-order valence-corrected chi connectivity index (χ3v) is 5.00. The third kappa shape index (κ3) is 2.34. The number of likely N-dealkylation sites (tertiary alicyclic amines) is 1. The first-order chi connectivity index (χ1) is 9.08. The Morgan fingerprint density at radius 3 is 2.32 bits per heavy atom. The van der Waals surface area contributed by atoms with E-state index in [1.165, 1.54) is 24.0 Å². The molecule has 1 saturated heterocycles. The number of benzene rings is 1. The van der Waals surface area contributed by atoms with Crippen molar-refractivity contribution in [2.24, 2.45) is 5.41 Å². The summed E-state index contributed by atoms with van der Waals surface area (Å²) in [7, 11) is 0. The summed E-state index contributed by atoms with van der Waals surface area (Å²) < 4.78 is 0. The molecule has 3 heteroatoms. The van der Waals surface area contributed by atoms with E-state index >= 15 is 0 Å². The second-order valence-corrected chi connectivity index (χ2v) is 6.29. The summed E-state index contributed by atoms with van der Waals surface area (Å²) in [6.07, 6.45) is 3.81. The highest BCUT2D eigenvalue weighted by Crippen LogP contribution is 2.56. The van der Waals surface area contributed by atoms with Crippen molar-refractivity contribution < 1.29 is 9.90 Å². The fourth-order valence-corrected chi connectivity index (χ4v) is 3.64. The number of amides is 1. The van der Waals surface area contributed by atoms with Crippen LogP contribution in [0.3, 0.4) is 0 Å². The highest BCUT2D eigenvalue weighted by Gasteiger charge is 2.46. The maximum atomic E-state index is 10.9. The topological polar surface area (TPSA) is 40.5 Å². The summed E-state index contributed by atoms with van der Waals surface area (Å²) >= 11 is 0. The molecule has 19 heavy (non-hydrogen) atoms. The van der Waals surface area contributed by atoms with Crippen LogP contribution in [0.15, 0.2) is 24.3 Å². The van der Waals surface area contributed by atoms with Crippen LogP contribution in [0, 0.1) is 12.3 Å². The summed E-state index contributed by atoms with van der Waals surface area (Å²) in [5, 5.41) is 8.98. The SMILES string of the molecule is Cc1ccc(C2CC3(CCN(C(=O)O)CC3)C2)cc1. The van der Waals surface area contributed by atoms with Gasteiger partial charge in [-0.15, -0.1) is 0 Å². The third-order valence-electron chi connectivity index (χ3n) is 5.00. The fourth-order valence-electron chi connectivity index (χ4n) is 3.64. The number of carboxylic acid groups (broad SMARTS) is 1. The average molecular weight is 259 g/mol. The van der Waals surface area contributed by atoms with Crippen molar-refractivity contribution in [2.45, 2.75) is 38.5 Å². The number of nitrogens with zero attached hydrogens (tertiary/aromatic N) is 1. The van der Waals surface area contributed by atoms with Crippen LogP contribution >= 0.6 is 0 Å². The summed E-state index contributed by atoms with van der Waals surface area (Å²) in [6, 6.07) is 8.87. The maximum Gasteiger partial charge on any atom is 0.407 e. The quantitative estimate of drug-likeness (QED) is 0.836. The molecule has 1 saturated carbocycles. The Balaban J connectivity index is 1.58. The molecule has 0 radical (unpaired) electrons. The van der Waals surface area contributed by atoms with Crippen LogP contribution in [0.4, 0.5) is 4.79 Å². The average Bonchev–Trinajstić information content (AvgIpc) is 2.37. The summed E-state index contributed by atoms with van der Waals surface area (Å²) in [5.74, 6) is 0.692. The molecular formula is C16H21NO2. The van der Waals surface area contributed by atoms with Crippen molar-refractivity contribution in [3.63, 3.8) is 0 Å². The maximum absolute atomic E-state index is 10.9. The first kappa shape index (κ1) is 12.5. The first-order valence-corrected chi connectivity index (χ1v) is 7.12. The second-order valence-electron chi connectivity index (χ2n) is 6.29. The monoisotopic (exact) mass is 259 g/mol. The van der Waals surface area contributed by atoms with Crippen LogP contribution in [0.2, 0.25) is 0 Å². The molecule has 1 aliphatic heterocycles. The predicted molar refractivity (Wildman–Crippen MR) is 74.4 cm³/mol. The number of aryl methyl sites for hydroxylation is 1. The lowest BCUT2D eigenvalue weighted by atomic mass is 9.56. The molecule has 1 aliphatic carbocycles. The Hall–Kier alpha value is -1.51. The highest BCUT2D eigenvalue weighted by molar-refractivity contribution is 5.65. The summed E-state index contributed by atoms with van der Waals surface area (Å²) in [4.78, 5) is 12.5. The van der Waals surface area contributed by atoms with E-state index in [4.69, 9.17) is 5.11 Å². The van der Waals surface area contributed by atoms with Crippen LogP contribution in [0.1, 0.15) is 42.7 Å². The van der Waals surface area contributed by atoms with E-state index in [9.17, 15) is 4.79 Å². The predicted octanol–water partition coefficient (Wildman–Crippen LogP) is 3.63. The molecule has 2 fully saturated rings. The van der Waals surface area contributed by atoms with Gasteiger partial charge in [0.15, 0.2) is 0 Å². The molecule has 0 unspecified atom stereocenters. The van der Waals surface area contributed by atoms with Gasteiger partial charge in [0.1, 0.15) is 0 Å². The largest absolute Gasteiger partial charge is 0.465 e. The fraction of sp³-hybridized carbons (Fsp3) is 0.562. The van der Waals surface area contributed by atoms with Gasteiger partial charge in [-0.25, -0.2) is 4.79 Å². The summed E-state index contributed by atoms with van der Waals surface area (Å²) in [5.41, 5.74) is 3.20. The minimum Gasteiger partial charge on any atom is -0.465 e.